The van der Waals surface area contributed by atoms with Crippen LogP contribution in [0.15, 0.2) is 84.9 Å². The van der Waals surface area contributed by atoms with Gasteiger partial charge in [-0.15, -0.1) is 0 Å². The van der Waals surface area contributed by atoms with Crippen molar-refractivity contribution in [3.05, 3.63) is 102 Å². The second kappa shape index (κ2) is 7.47. The van der Waals surface area contributed by atoms with E-state index in [0.29, 0.717) is 5.69 Å². The van der Waals surface area contributed by atoms with Crippen LogP contribution in [-0.2, 0) is 16.0 Å². The van der Waals surface area contributed by atoms with E-state index in [9.17, 15) is 4.79 Å². The maximum atomic E-state index is 12.4. The van der Waals surface area contributed by atoms with Gasteiger partial charge in [0, 0.05) is 5.69 Å². The molecule has 0 amide bonds. The number of carbonyl (C=O) groups excluding carboxylic acids is 1. The van der Waals surface area contributed by atoms with Crippen LogP contribution in [0.25, 0.3) is 0 Å². The van der Waals surface area contributed by atoms with E-state index in [2.05, 4.69) is 0 Å². The molecule has 0 aliphatic carbocycles. The monoisotopic (exact) mass is 317 g/mol. The molecule has 0 saturated carbocycles. The van der Waals surface area contributed by atoms with Gasteiger partial charge in [-0.3, -0.25) is 4.79 Å². The first-order chi connectivity index (χ1) is 11.7. The molecule has 24 heavy (non-hydrogen) atoms. The van der Waals surface area contributed by atoms with Crippen molar-refractivity contribution in [2.75, 3.05) is 5.73 Å². The van der Waals surface area contributed by atoms with Crippen molar-refractivity contribution in [1.82, 2.24) is 0 Å². The van der Waals surface area contributed by atoms with Gasteiger partial charge in [-0.2, -0.15) is 0 Å². The lowest BCUT2D eigenvalue weighted by atomic mass is 10.0. The van der Waals surface area contributed by atoms with Crippen LogP contribution in [0.5, 0.6) is 0 Å². The van der Waals surface area contributed by atoms with Crippen LogP contribution in [0.1, 0.15) is 22.8 Å². The minimum atomic E-state index is -0.409. The van der Waals surface area contributed by atoms with E-state index in [-0.39, 0.29) is 12.4 Å². The topological polar surface area (TPSA) is 52.3 Å². The molecule has 0 bridgehead atoms. The molecule has 3 rings (SSSR count). The van der Waals surface area contributed by atoms with Crippen LogP contribution in [0, 0.1) is 0 Å². The zero-order valence-electron chi connectivity index (χ0n) is 13.3. The van der Waals surface area contributed by atoms with Crippen LogP contribution in [0.3, 0.4) is 0 Å². The average Bonchev–Trinajstić information content (AvgIpc) is 2.63. The molecule has 0 spiro atoms. The minimum Gasteiger partial charge on any atom is -0.452 e. The summed E-state index contributed by atoms with van der Waals surface area (Å²) in [6, 6.07) is 26.8. The van der Waals surface area contributed by atoms with E-state index < -0.39 is 6.10 Å². The average molecular weight is 317 g/mol. The highest BCUT2D eigenvalue weighted by atomic mass is 16.5. The van der Waals surface area contributed by atoms with Crippen molar-refractivity contribution in [2.45, 2.75) is 12.5 Å². The molecule has 0 aromatic heterocycles. The first kappa shape index (κ1) is 15.8. The lowest BCUT2D eigenvalue weighted by Crippen LogP contribution is -2.14. The summed E-state index contributed by atoms with van der Waals surface area (Å²) in [6.45, 7) is 0. The van der Waals surface area contributed by atoms with Crippen LogP contribution in [0.4, 0.5) is 5.69 Å². The fourth-order valence-electron chi connectivity index (χ4n) is 2.56. The van der Waals surface area contributed by atoms with E-state index >= 15 is 0 Å². The SMILES string of the molecule is Nc1ccc(CC(=O)OC(c2ccccc2)c2ccccc2)cc1. The third-order valence-corrected chi connectivity index (χ3v) is 3.78. The molecule has 0 aliphatic rings. The van der Waals surface area contributed by atoms with Crippen molar-refractivity contribution in [3.8, 4) is 0 Å². The first-order valence-electron chi connectivity index (χ1n) is 7.86. The third-order valence-electron chi connectivity index (χ3n) is 3.78. The van der Waals surface area contributed by atoms with Gasteiger partial charge in [0.2, 0.25) is 0 Å². The van der Waals surface area contributed by atoms with Gasteiger partial charge in [0.25, 0.3) is 0 Å². The number of hydrogen-bond donors (Lipinski definition) is 1. The molecule has 3 nitrogen and oxygen atoms in total. The summed E-state index contributed by atoms with van der Waals surface area (Å²) < 4.78 is 5.79. The maximum absolute atomic E-state index is 12.4. The van der Waals surface area contributed by atoms with Gasteiger partial charge in [0.05, 0.1) is 6.42 Å². The predicted octanol–water partition coefficient (Wildman–Crippen LogP) is 4.14. The maximum Gasteiger partial charge on any atom is 0.311 e. The number of nitrogen functional groups attached to an aromatic ring is 1. The molecule has 0 unspecified atom stereocenters. The van der Waals surface area contributed by atoms with Crippen LogP contribution >= 0.6 is 0 Å². The molecule has 0 saturated heterocycles. The van der Waals surface area contributed by atoms with E-state index in [1.165, 1.54) is 0 Å². The van der Waals surface area contributed by atoms with Gasteiger partial charge in [0.15, 0.2) is 6.10 Å². The summed E-state index contributed by atoms with van der Waals surface area (Å²) in [6.07, 6.45) is -0.190. The van der Waals surface area contributed by atoms with E-state index in [0.717, 1.165) is 16.7 Å². The Morgan fingerprint density at radius 2 is 1.29 bits per heavy atom. The number of esters is 1. The predicted molar refractivity (Wildman–Crippen MR) is 95.4 cm³/mol. The largest absolute Gasteiger partial charge is 0.452 e. The second-order valence-corrected chi connectivity index (χ2v) is 5.61. The number of nitrogens with two attached hydrogens (primary N) is 1. The summed E-state index contributed by atoms with van der Waals surface area (Å²) in [5.41, 5.74) is 9.14. The minimum absolute atomic E-state index is 0.219. The summed E-state index contributed by atoms with van der Waals surface area (Å²) >= 11 is 0. The van der Waals surface area contributed by atoms with E-state index in [1.807, 2.05) is 72.8 Å². The highest BCUT2D eigenvalue weighted by molar-refractivity contribution is 5.73. The number of rotatable bonds is 5. The normalized spacial score (nSPS) is 10.5. The quantitative estimate of drug-likeness (QED) is 0.568. The number of benzene rings is 3. The summed E-state index contributed by atoms with van der Waals surface area (Å²) in [7, 11) is 0. The highest BCUT2D eigenvalue weighted by Crippen LogP contribution is 2.26. The lowest BCUT2D eigenvalue weighted by Gasteiger charge is -2.19. The van der Waals surface area contributed by atoms with E-state index in [1.54, 1.807) is 12.1 Å². The molecule has 0 atom stereocenters. The number of anilines is 1. The zero-order chi connectivity index (χ0) is 16.8. The molecule has 3 aromatic carbocycles. The summed E-state index contributed by atoms with van der Waals surface area (Å²) in [5.74, 6) is -0.266. The van der Waals surface area contributed by atoms with Gasteiger partial charge < -0.3 is 10.5 Å². The van der Waals surface area contributed by atoms with Gasteiger partial charge in [-0.25, -0.2) is 0 Å². The van der Waals surface area contributed by atoms with Crippen molar-refractivity contribution in [1.29, 1.82) is 0 Å². The standard InChI is InChI=1S/C21H19NO2/c22-19-13-11-16(12-14-19)15-20(23)24-21(17-7-3-1-4-8-17)18-9-5-2-6-10-18/h1-14,21H,15,22H2. The van der Waals surface area contributed by atoms with Gasteiger partial charge in [-0.05, 0) is 28.8 Å². The van der Waals surface area contributed by atoms with Gasteiger partial charge in [-0.1, -0.05) is 72.8 Å². The number of carbonyl (C=O) groups is 1. The Kier molecular flexibility index (Phi) is 4.92. The molecule has 120 valence electrons. The first-order valence-corrected chi connectivity index (χ1v) is 7.86. The Labute approximate surface area is 141 Å². The Balaban J connectivity index is 1.79. The van der Waals surface area contributed by atoms with Crippen molar-refractivity contribution < 1.29 is 9.53 Å². The molecule has 0 radical (unpaired) electrons. The molecular formula is C21H19NO2. The Hall–Kier alpha value is -3.07. The summed E-state index contributed by atoms with van der Waals surface area (Å²) in [4.78, 5) is 12.4. The Bertz CT molecular complexity index is 744. The third kappa shape index (κ3) is 4.02. The number of ether oxygens (including phenoxy) is 1. The molecule has 3 aromatic rings. The molecule has 0 heterocycles. The Morgan fingerprint density at radius 3 is 1.79 bits per heavy atom. The molecule has 3 heteroatoms. The van der Waals surface area contributed by atoms with E-state index in [4.69, 9.17) is 10.5 Å². The van der Waals surface area contributed by atoms with Crippen LogP contribution in [0.2, 0.25) is 0 Å². The van der Waals surface area contributed by atoms with Crippen LogP contribution < -0.4 is 5.73 Å². The summed E-state index contributed by atoms with van der Waals surface area (Å²) in [5, 5.41) is 0. The van der Waals surface area contributed by atoms with Gasteiger partial charge >= 0.3 is 5.97 Å². The molecular weight excluding hydrogens is 298 g/mol. The van der Waals surface area contributed by atoms with Crippen molar-refractivity contribution >= 4 is 11.7 Å². The smallest absolute Gasteiger partial charge is 0.311 e. The Morgan fingerprint density at radius 1 is 0.792 bits per heavy atom. The van der Waals surface area contributed by atoms with Crippen molar-refractivity contribution in [3.63, 3.8) is 0 Å². The van der Waals surface area contributed by atoms with Crippen molar-refractivity contribution in [2.24, 2.45) is 0 Å². The molecule has 0 aliphatic heterocycles. The highest BCUT2D eigenvalue weighted by Gasteiger charge is 2.18. The fraction of sp³-hybridized carbons (Fsp3) is 0.0952. The van der Waals surface area contributed by atoms with Gasteiger partial charge in [0.1, 0.15) is 0 Å². The molecule has 0 fully saturated rings. The number of hydrogen-bond acceptors (Lipinski definition) is 3. The molecule has 2 N–H and O–H groups in total. The zero-order valence-corrected chi connectivity index (χ0v) is 13.3. The fourth-order valence-corrected chi connectivity index (χ4v) is 2.56. The second-order valence-electron chi connectivity index (χ2n) is 5.61. The van der Waals surface area contributed by atoms with Crippen LogP contribution in [-0.4, -0.2) is 5.97 Å². The lowest BCUT2D eigenvalue weighted by molar-refractivity contribution is -0.146.